The first kappa shape index (κ1) is 21.4. The molecule has 6 nitrogen and oxygen atoms in total. The number of hydrogen-bond acceptors (Lipinski definition) is 5. The first-order valence-electron chi connectivity index (χ1n) is 8.88. The van der Waals surface area contributed by atoms with Crippen molar-refractivity contribution < 1.29 is 4.79 Å². The summed E-state index contributed by atoms with van der Waals surface area (Å²) in [7, 11) is 0. The van der Waals surface area contributed by atoms with Gasteiger partial charge in [-0.2, -0.15) is 5.10 Å². The SMILES string of the molecule is CCn1c(SCC(=O)NN=Cc2ccc(Cl)cc2Cl)nnc1-c1ccc(C)cc1. The summed E-state index contributed by atoms with van der Waals surface area (Å²) in [5, 5.41) is 14.1. The standard InChI is InChI=1S/C20H19Cl2N5OS/c1-3-27-19(14-6-4-13(2)5-7-14)25-26-20(27)29-12-18(28)24-23-11-15-8-9-16(21)10-17(15)22/h4-11H,3,12H2,1-2H3,(H,24,28). The average Bonchev–Trinajstić information content (AvgIpc) is 3.11. The van der Waals surface area contributed by atoms with Crippen LogP contribution in [0.3, 0.4) is 0 Å². The number of benzene rings is 2. The van der Waals surface area contributed by atoms with Crippen LogP contribution in [0.4, 0.5) is 0 Å². The number of carbonyl (C=O) groups is 1. The number of halogens is 2. The molecular formula is C20H19Cl2N5OS. The van der Waals surface area contributed by atoms with Gasteiger partial charge in [0.15, 0.2) is 11.0 Å². The zero-order valence-electron chi connectivity index (χ0n) is 15.9. The number of amides is 1. The molecule has 0 aliphatic heterocycles. The van der Waals surface area contributed by atoms with Gasteiger partial charge in [-0.1, -0.05) is 70.9 Å². The lowest BCUT2D eigenvalue weighted by molar-refractivity contribution is -0.118. The van der Waals surface area contributed by atoms with Crippen LogP contribution in [0, 0.1) is 6.92 Å². The maximum absolute atomic E-state index is 12.1. The summed E-state index contributed by atoms with van der Waals surface area (Å²) in [5.41, 5.74) is 5.33. The van der Waals surface area contributed by atoms with Crippen LogP contribution in [0.25, 0.3) is 11.4 Å². The zero-order valence-corrected chi connectivity index (χ0v) is 18.2. The Morgan fingerprint density at radius 2 is 1.97 bits per heavy atom. The lowest BCUT2D eigenvalue weighted by atomic mass is 10.1. The van der Waals surface area contributed by atoms with E-state index in [1.54, 1.807) is 18.2 Å². The van der Waals surface area contributed by atoms with E-state index in [0.29, 0.717) is 27.3 Å². The van der Waals surface area contributed by atoms with Crippen molar-refractivity contribution >= 4 is 47.1 Å². The van der Waals surface area contributed by atoms with Crippen LogP contribution in [-0.4, -0.2) is 32.6 Å². The number of hydrogen-bond donors (Lipinski definition) is 1. The lowest BCUT2D eigenvalue weighted by Gasteiger charge is -2.07. The second-order valence-corrected chi connectivity index (χ2v) is 7.95. The van der Waals surface area contributed by atoms with E-state index in [1.165, 1.54) is 23.5 Å². The second-order valence-electron chi connectivity index (χ2n) is 6.16. The number of nitrogens with zero attached hydrogens (tertiary/aromatic N) is 4. The molecule has 0 aliphatic rings. The van der Waals surface area contributed by atoms with Crippen LogP contribution in [0.5, 0.6) is 0 Å². The molecule has 0 unspecified atom stereocenters. The highest BCUT2D eigenvalue weighted by Gasteiger charge is 2.14. The molecular weight excluding hydrogens is 429 g/mol. The predicted molar refractivity (Wildman–Crippen MR) is 119 cm³/mol. The van der Waals surface area contributed by atoms with Crippen molar-refractivity contribution in [3.8, 4) is 11.4 Å². The smallest absolute Gasteiger partial charge is 0.250 e. The molecule has 0 bridgehead atoms. The molecule has 29 heavy (non-hydrogen) atoms. The first-order valence-corrected chi connectivity index (χ1v) is 10.6. The Morgan fingerprint density at radius 3 is 2.66 bits per heavy atom. The van der Waals surface area contributed by atoms with Gasteiger partial charge in [-0.3, -0.25) is 4.79 Å². The Hall–Kier alpha value is -2.35. The van der Waals surface area contributed by atoms with Crippen molar-refractivity contribution in [3.05, 3.63) is 63.6 Å². The minimum absolute atomic E-state index is 0.164. The van der Waals surface area contributed by atoms with Gasteiger partial charge in [0, 0.05) is 22.7 Å². The number of hydrazone groups is 1. The molecule has 0 saturated carbocycles. The summed E-state index contributed by atoms with van der Waals surface area (Å²) in [5.74, 6) is 0.697. The van der Waals surface area contributed by atoms with Crippen molar-refractivity contribution in [1.29, 1.82) is 0 Å². The minimum atomic E-state index is -0.251. The highest BCUT2D eigenvalue weighted by molar-refractivity contribution is 7.99. The molecule has 1 N–H and O–H groups in total. The van der Waals surface area contributed by atoms with Crippen LogP contribution in [0.15, 0.2) is 52.7 Å². The molecule has 9 heteroatoms. The molecule has 0 radical (unpaired) electrons. The summed E-state index contributed by atoms with van der Waals surface area (Å²) in [4.78, 5) is 12.1. The Balaban J connectivity index is 1.60. The molecule has 1 amide bonds. The van der Waals surface area contributed by atoms with Crippen LogP contribution in [0.2, 0.25) is 10.0 Å². The Bertz CT molecular complexity index is 1030. The van der Waals surface area contributed by atoms with Crippen LogP contribution in [-0.2, 0) is 11.3 Å². The minimum Gasteiger partial charge on any atom is -0.302 e. The number of carbonyl (C=O) groups excluding carboxylic acids is 1. The molecule has 0 spiro atoms. The van der Waals surface area contributed by atoms with Crippen molar-refractivity contribution in [3.63, 3.8) is 0 Å². The topological polar surface area (TPSA) is 72.2 Å². The third kappa shape index (κ3) is 5.59. The van der Waals surface area contributed by atoms with Crippen molar-refractivity contribution in [2.45, 2.75) is 25.5 Å². The molecule has 1 aromatic heterocycles. The quantitative estimate of drug-likeness (QED) is 0.320. The number of aromatic nitrogens is 3. The predicted octanol–water partition coefficient (Wildman–Crippen LogP) is 4.82. The van der Waals surface area contributed by atoms with E-state index in [-0.39, 0.29) is 11.7 Å². The van der Waals surface area contributed by atoms with Crippen LogP contribution in [0.1, 0.15) is 18.1 Å². The molecule has 0 saturated heterocycles. The van der Waals surface area contributed by atoms with Gasteiger partial charge in [0.05, 0.1) is 17.0 Å². The van der Waals surface area contributed by atoms with Crippen LogP contribution < -0.4 is 5.43 Å². The number of thioether (sulfide) groups is 1. The van der Waals surface area contributed by atoms with E-state index in [0.717, 1.165) is 11.4 Å². The molecule has 3 aromatic rings. The van der Waals surface area contributed by atoms with Crippen molar-refractivity contribution in [1.82, 2.24) is 20.2 Å². The Kier molecular flexibility index (Phi) is 7.30. The summed E-state index contributed by atoms with van der Waals surface area (Å²) < 4.78 is 1.99. The summed E-state index contributed by atoms with van der Waals surface area (Å²) in [6.45, 7) is 4.76. The van der Waals surface area contributed by atoms with Gasteiger partial charge in [0.25, 0.3) is 5.91 Å². The monoisotopic (exact) mass is 447 g/mol. The third-order valence-corrected chi connectivity index (χ3v) is 5.56. The van der Waals surface area contributed by atoms with Gasteiger partial charge >= 0.3 is 0 Å². The normalized spacial score (nSPS) is 11.2. The highest BCUT2D eigenvalue weighted by Crippen LogP contribution is 2.24. The van der Waals surface area contributed by atoms with Crippen molar-refractivity contribution in [2.24, 2.45) is 5.10 Å². The van der Waals surface area contributed by atoms with Gasteiger partial charge in [-0.25, -0.2) is 5.43 Å². The number of rotatable bonds is 7. The van der Waals surface area contributed by atoms with Gasteiger partial charge in [-0.05, 0) is 26.0 Å². The van der Waals surface area contributed by atoms with E-state index in [9.17, 15) is 4.79 Å². The molecule has 0 atom stereocenters. The van der Waals surface area contributed by atoms with Gasteiger partial charge in [-0.15, -0.1) is 10.2 Å². The van der Waals surface area contributed by atoms with E-state index < -0.39 is 0 Å². The zero-order chi connectivity index (χ0) is 20.8. The number of nitrogens with one attached hydrogen (secondary N) is 1. The van der Waals surface area contributed by atoms with E-state index >= 15 is 0 Å². The van der Waals surface area contributed by atoms with Crippen LogP contribution >= 0.6 is 35.0 Å². The highest BCUT2D eigenvalue weighted by atomic mass is 35.5. The molecule has 3 rings (SSSR count). The third-order valence-electron chi connectivity index (χ3n) is 4.03. The van der Waals surface area contributed by atoms with E-state index in [1.807, 2.05) is 42.7 Å². The maximum atomic E-state index is 12.1. The van der Waals surface area contributed by atoms with Gasteiger partial charge < -0.3 is 4.57 Å². The largest absolute Gasteiger partial charge is 0.302 e. The fourth-order valence-corrected chi connectivity index (χ4v) is 3.79. The maximum Gasteiger partial charge on any atom is 0.250 e. The molecule has 1 heterocycles. The van der Waals surface area contributed by atoms with E-state index in [2.05, 4.69) is 20.7 Å². The summed E-state index contributed by atoms with van der Waals surface area (Å²) in [6.07, 6.45) is 1.48. The fourth-order valence-electron chi connectivity index (χ4n) is 2.54. The van der Waals surface area contributed by atoms with Crippen molar-refractivity contribution in [2.75, 3.05) is 5.75 Å². The molecule has 150 valence electrons. The lowest BCUT2D eigenvalue weighted by Crippen LogP contribution is -2.20. The summed E-state index contributed by atoms with van der Waals surface area (Å²) >= 11 is 13.2. The summed E-state index contributed by atoms with van der Waals surface area (Å²) in [6, 6.07) is 13.2. The number of aryl methyl sites for hydroxylation is 1. The Labute approximate surface area is 183 Å². The van der Waals surface area contributed by atoms with E-state index in [4.69, 9.17) is 23.2 Å². The van der Waals surface area contributed by atoms with Gasteiger partial charge in [0.2, 0.25) is 0 Å². The molecule has 0 aliphatic carbocycles. The first-order chi connectivity index (χ1) is 14.0. The molecule has 2 aromatic carbocycles. The molecule has 0 fully saturated rings. The second kappa shape index (κ2) is 9.91. The Morgan fingerprint density at radius 1 is 1.21 bits per heavy atom. The fraction of sp³-hybridized carbons (Fsp3) is 0.200. The average molecular weight is 448 g/mol. The van der Waals surface area contributed by atoms with Gasteiger partial charge in [0.1, 0.15) is 0 Å².